The lowest BCUT2D eigenvalue weighted by Crippen LogP contribution is -2.24. The molecular formula is C26H26N4O3S. The predicted octanol–water partition coefficient (Wildman–Crippen LogP) is 4.42. The van der Waals surface area contributed by atoms with Crippen molar-refractivity contribution in [2.24, 2.45) is 0 Å². The van der Waals surface area contributed by atoms with E-state index in [1.807, 2.05) is 31.2 Å². The molecule has 2 N–H and O–H groups in total. The summed E-state index contributed by atoms with van der Waals surface area (Å²) < 4.78 is 5.43. The molecule has 0 saturated heterocycles. The minimum absolute atomic E-state index is 0.0769. The Kier molecular flexibility index (Phi) is 7.36. The molecule has 0 spiro atoms. The van der Waals surface area contributed by atoms with E-state index in [4.69, 9.17) is 4.74 Å². The van der Waals surface area contributed by atoms with Crippen LogP contribution in [0.1, 0.15) is 57.2 Å². The van der Waals surface area contributed by atoms with Gasteiger partial charge in [0.1, 0.15) is 10.8 Å². The highest BCUT2D eigenvalue weighted by atomic mass is 32.1. The molecule has 0 fully saturated rings. The minimum atomic E-state index is -1.03. The summed E-state index contributed by atoms with van der Waals surface area (Å²) in [5, 5.41) is 16.6. The van der Waals surface area contributed by atoms with Crippen LogP contribution < -0.4 is 15.4 Å². The van der Waals surface area contributed by atoms with E-state index in [0.717, 1.165) is 28.3 Å². The number of ketones is 1. The zero-order valence-corrected chi connectivity index (χ0v) is 19.9. The number of anilines is 1. The number of aromatic nitrogens is 1. The highest BCUT2D eigenvalue weighted by Gasteiger charge is 2.32. The number of ether oxygens (including phenoxy) is 1. The molecule has 1 aliphatic heterocycles. The van der Waals surface area contributed by atoms with Crippen LogP contribution in [0.3, 0.4) is 0 Å². The zero-order chi connectivity index (χ0) is 24.1. The Labute approximate surface area is 202 Å². The van der Waals surface area contributed by atoms with Crippen molar-refractivity contribution < 1.29 is 14.3 Å². The molecule has 1 aliphatic rings. The average molecular weight is 475 g/mol. The number of nitriles is 1. The molecule has 0 saturated carbocycles. The van der Waals surface area contributed by atoms with Gasteiger partial charge in [0.2, 0.25) is 5.91 Å². The molecule has 8 heteroatoms. The molecule has 1 aromatic carbocycles. The van der Waals surface area contributed by atoms with Crippen molar-refractivity contribution in [3.05, 3.63) is 75.9 Å². The fourth-order valence-corrected chi connectivity index (χ4v) is 5.51. The van der Waals surface area contributed by atoms with Crippen LogP contribution in [-0.2, 0) is 17.8 Å². The number of Topliss-reactive ketones (excluding diaryl/α,β-unsaturated/α-hetero) is 1. The second-order valence-electron chi connectivity index (χ2n) is 8.21. The van der Waals surface area contributed by atoms with Gasteiger partial charge in [-0.25, -0.2) is 0 Å². The Morgan fingerprint density at radius 3 is 2.79 bits per heavy atom. The number of pyridine rings is 1. The molecular weight excluding hydrogens is 448 g/mol. The summed E-state index contributed by atoms with van der Waals surface area (Å²) in [5.74, 6) is -0.882. The molecule has 2 aromatic heterocycles. The number of fused-ring (bicyclic) bond motifs is 1. The summed E-state index contributed by atoms with van der Waals surface area (Å²) in [6.07, 6.45) is 2.47. The molecule has 3 aromatic rings. The van der Waals surface area contributed by atoms with Gasteiger partial charge in [-0.2, -0.15) is 5.26 Å². The number of nitrogens with zero attached hydrogens (tertiary/aromatic N) is 2. The van der Waals surface area contributed by atoms with Crippen molar-refractivity contribution in [3.8, 4) is 11.8 Å². The summed E-state index contributed by atoms with van der Waals surface area (Å²) in [4.78, 5) is 31.9. The van der Waals surface area contributed by atoms with Gasteiger partial charge in [-0.1, -0.05) is 31.2 Å². The Bertz CT molecular complexity index is 1230. The predicted molar refractivity (Wildman–Crippen MR) is 131 cm³/mol. The van der Waals surface area contributed by atoms with E-state index in [1.54, 1.807) is 31.5 Å². The number of rotatable bonds is 8. The maximum Gasteiger partial charge on any atom is 0.225 e. The Morgan fingerprint density at radius 1 is 1.26 bits per heavy atom. The Morgan fingerprint density at radius 2 is 2.06 bits per heavy atom. The number of para-hydroxylation sites is 1. The quantitative estimate of drug-likeness (QED) is 0.469. The van der Waals surface area contributed by atoms with Crippen LogP contribution >= 0.6 is 11.3 Å². The topological polar surface area (TPSA) is 104 Å². The molecule has 4 rings (SSSR count). The third-order valence-electron chi connectivity index (χ3n) is 5.96. The van der Waals surface area contributed by atoms with Gasteiger partial charge < -0.3 is 15.4 Å². The minimum Gasteiger partial charge on any atom is -0.496 e. The van der Waals surface area contributed by atoms with Crippen LogP contribution in [-0.4, -0.2) is 30.3 Å². The van der Waals surface area contributed by atoms with Crippen molar-refractivity contribution in [3.63, 3.8) is 0 Å². The number of carbonyl (C=O) groups is 2. The molecule has 1 unspecified atom stereocenters. The molecule has 34 heavy (non-hydrogen) atoms. The third-order valence-corrected chi connectivity index (χ3v) is 7.11. The van der Waals surface area contributed by atoms with Crippen LogP contribution in [0.4, 0.5) is 5.00 Å². The number of carbonyl (C=O) groups excluding carboxylic acids is 2. The fraction of sp³-hybridized carbons (Fsp3) is 0.308. The van der Waals surface area contributed by atoms with Crippen molar-refractivity contribution >= 4 is 28.0 Å². The summed E-state index contributed by atoms with van der Waals surface area (Å²) in [6, 6.07) is 14.9. The summed E-state index contributed by atoms with van der Waals surface area (Å²) in [7, 11) is 1.61. The molecule has 3 heterocycles. The lowest BCUT2D eigenvalue weighted by molar-refractivity contribution is -0.116. The van der Waals surface area contributed by atoms with Gasteiger partial charge in [0.25, 0.3) is 0 Å². The molecule has 0 aliphatic carbocycles. The third kappa shape index (κ3) is 4.86. The van der Waals surface area contributed by atoms with Gasteiger partial charge in [0.05, 0.1) is 24.4 Å². The number of nitrogens with one attached hydrogen (secondary N) is 2. The maximum atomic E-state index is 13.6. The largest absolute Gasteiger partial charge is 0.496 e. The molecule has 0 radical (unpaired) electrons. The number of thiophene rings is 1. The van der Waals surface area contributed by atoms with Crippen LogP contribution in [0.5, 0.6) is 5.75 Å². The second kappa shape index (κ2) is 10.6. The maximum absolute atomic E-state index is 13.6. The standard InChI is InChI=1S/C26H26N4O3S/c1-16(17-7-3-4-9-21(17)33-2)13-23(31)30-26-24(18-10-12-28-15-22(18)34-26)25(32)19(14-27)20-8-5-6-11-29-20/h3-9,11,16,19,28H,10,12-13,15H2,1-2H3,(H,30,31)/t16-,19?/m0/s1. The van der Waals surface area contributed by atoms with Gasteiger partial charge in [-0.3, -0.25) is 14.6 Å². The molecule has 0 bridgehead atoms. The first-order valence-electron chi connectivity index (χ1n) is 11.2. The highest BCUT2D eigenvalue weighted by Crippen LogP contribution is 2.38. The van der Waals surface area contributed by atoms with E-state index in [-0.39, 0.29) is 24.0 Å². The van der Waals surface area contributed by atoms with E-state index >= 15 is 0 Å². The van der Waals surface area contributed by atoms with Crippen molar-refractivity contribution in [1.29, 1.82) is 5.26 Å². The molecule has 7 nitrogen and oxygen atoms in total. The van der Waals surface area contributed by atoms with E-state index in [0.29, 0.717) is 29.2 Å². The van der Waals surface area contributed by atoms with Crippen molar-refractivity contribution in [2.75, 3.05) is 19.0 Å². The second-order valence-corrected chi connectivity index (χ2v) is 9.32. The Balaban J connectivity index is 1.61. The zero-order valence-electron chi connectivity index (χ0n) is 19.1. The van der Waals surface area contributed by atoms with Crippen LogP contribution in [0, 0.1) is 11.3 Å². The lowest BCUT2D eigenvalue weighted by Gasteiger charge is -2.16. The normalized spacial score (nSPS) is 14.4. The first kappa shape index (κ1) is 23.6. The average Bonchev–Trinajstić information content (AvgIpc) is 3.22. The number of hydrogen-bond acceptors (Lipinski definition) is 7. The highest BCUT2D eigenvalue weighted by molar-refractivity contribution is 7.17. The summed E-state index contributed by atoms with van der Waals surface area (Å²) in [5.41, 5.74) is 2.71. The van der Waals surface area contributed by atoms with Crippen LogP contribution in [0.25, 0.3) is 0 Å². The van der Waals surface area contributed by atoms with E-state index in [1.165, 1.54) is 11.3 Å². The van der Waals surface area contributed by atoms with Gasteiger partial charge in [-0.05, 0) is 48.2 Å². The molecule has 1 amide bonds. The van der Waals surface area contributed by atoms with E-state index < -0.39 is 5.92 Å². The number of hydrogen-bond donors (Lipinski definition) is 2. The first-order valence-corrected chi connectivity index (χ1v) is 12.0. The van der Waals surface area contributed by atoms with Gasteiger partial charge in [0.15, 0.2) is 11.7 Å². The SMILES string of the molecule is COc1ccccc1[C@@H](C)CC(=O)Nc1sc2c(c1C(=O)C(C#N)c1ccccn1)CCNC2. The van der Waals surface area contributed by atoms with E-state index in [9.17, 15) is 14.9 Å². The van der Waals surface area contributed by atoms with Crippen LogP contribution in [0.2, 0.25) is 0 Å². The smallest absolute Gasteiger partial charge is 0.225 e. The Hall–Kier alpha value is -3.54. The number of methoxy groups -OCH3 is 1. The monoisotopic (exact) mass is 474 g/mol. The summed E-state index contributed by atoms with van der Waals surface area (Å²) >= 11 is 1.40. The van der Waals surface area contributed by atoms with Gasteiger partial charge >= 0.3 is 0 Å². The number of amides is 1. The van der Waals surface area contributed by atoms with Gasteiger partial charge in [-0.15, -0.1) is 11.3 Å². The summed E-state index contributed by atoms with van der Waals surface area (Å²) in [6.45, 7) is 3.34. The van der Waals surface area contributed by atoms with Crippen molar-refractivity contribution in [2.45, 2.75) is 38.1 Å². The lowest BCUT2D eigenvalue weighted by atomic mass is 9.91. The molecule has 2 atom stereocenters. The van der Waals surface area contributed by atoms with Crippen molar-refractivity contribution in [1.82, 2.24) is 10.3 Å². The number of benzene rings is 1. The van der Waals surface area contributed by atoms with E-state index in [2.05, 4.69) is 21.7 Å². The first-order chi connectivity index (χ1) is 16.5. The molecule has 174 valence electrons. The fourth-order valence-electron chi connectivity index (χ4n) is 4.27. The van der Waals surface area contributed by atoms with Crippen LogP contribution in [0.15, 0.2) is 48.7 Å². The van der Waals surface area contributed by atoms with Gasteiger partial charge in [0, 0.05) is 24.0 Å².